The zero-order chi connectivity index (χ0) is 21.1. The SMILES string of the molecule is COc1cc2c(cc1OC)S(=O)(=O)N(CC(=O)NC(C)CCCC(C)C)C2=O. The molecule has 0 saturated heterocycles. The third-order valence-corrected chi connectivity index (χ3v) is 6.39. The van der Waals surface area contributed by atoms with Gasteiger partial charge >= 0.3 is 0 Å². The van der Waals surface area contributed by atoms with Gasteiger partial charge in [-0.25, -0.2) is 12.7 Å². The van der Waals surface area contributed by atoms with E-state index in [-0.39, 0.29) is 28.0 Å². The largest absolute Gasteiger partial charge is 0.493 e. The van der Waals surface area contributed by atoms with Crippen molar-refractivity contribution >= 4 is 21.8 Å². The first-order valence-electron chi connectivity index (χ1n) is 9.24. The van der Waals surface area contributed by atoms with E-state index < -0.39 is 28.4 Å². The van der Waals surface area contributed by atoms with Crippen LogP contribution in [-0.4, -0.2) is 51.3 Å². The molecule has 2 amide bonds. The van der Waals surface area contributed by atoms with Gasteiger partial charge in [0, 0.05) is 12.1 Å². The number of carbonyl (C=O) groups is 2. The Labute approximate surface area is 166 Å². The van der Waals surface area contributed by atoms with Gasteiger partial charge in [0.25, 0.3) is 15.9 Å². The third kappa shape index (κ3) is 4.57. The summed E-state index contributed by atoms with van der Waals surface area (Å²) in [7, 11) is -1.36. The maximum atomic E-state index is 12.8. The van der Waals surface area contributed by atoms with E-state index in [9.17, 15) is 18.0 Å². The average molecular weight is 413 g/mol. The summed E-state index contributed by atoms with van der Waals surface area (Å²) in [6.07, 6.45) is 2.81. The highest BCUT2D eigenvalue weighted by Gasteiger charge is 2.43. The maximum absolute atomic E-state index is 12.8. The standard InChI is InChI=1S/C19H28N2O6S/c1-12(2)7-6-8-13(3)20-18(22)11-21-19(23)14-9-15(26-4)16(27-5)10-17(14)28(21,24)25/h9-10,12-13H,6-8,11H2,1-5H3,(H,20,22). The van der Waals surface area contributed by atoms with Crippen LogP contribution in [0.25, 0.3) is 0 Å². The molecule has 1 unspecified atom stereocenters. The molecule has 1 aliphatic rings. The molecule has 0 aromatic heterocycles. The van der Waals surface area contributed by atoms with Crippen molar-refractivity contribution in [2.45, 2.75) is 51.0 Å². The maximum Gasteiger partial charge on any atom is 0.269 e. The number of amides is 2. The van der Waals surface area contributed by atoms with Crippen LogP contribution in [0.4, 0.5) is 0 Å². The second-order valence-electron chi connectivity index (χ2n) is 7.31. The number of fused-ring (bicyclic) bond motifs is 1. The molecule has 1 atom stereocenters. The van der Waals surface area contributed by atoms with Gasteiger partial charge in [-0.1, -0.05) is 26.7 Å². The minimum absolute atomic E-state index is 0.0320. The molecule has 9 heteroatoms. The van der Waals surface area contributed by atoms with E-state index in [1.807, 2.05) is 6.92 Å². The molecule has 1 aliphatic heterocycles. The molecule has 156 valence electrons. The van der Waals surface area contributed by atoms with Crippen molar-refractivity contribution in [2.75, 3.05) is 20.8 Å². The van der Waals surface area contributed by atoms with Gasteiger partial charge in [-0.05, 0) is 25.3 Å². The number of hydrogen-bond donors (Lipinski definition) is 1. The Hall–Kier alpha value is -2.29. The van der Waals surface area contributed by atoms with Gasteiger partial charge in [0.05, 0.1) is 19.8 Å². The second-order valence-corrected chi connectivity index (χ2v) is 9.14. The summed E-state index contributed by atoms with van der Waals surface area (Å²) < 4.78 is 36.4. The summed E-state index contributed by atoms with van der Waals surface area (Å²) in [5.41, 5.74) is -0.0320. The van der Waals surface area contributed by atoms with E-state index in [1.165, 1.54) is 26.4 Å². The third-order valence-electron chi connectivity index (χ3n) is 4.62. The molecule has 8 nitrogen and oxygen atoms in total. The minimum atomic E-state index is -4.12. The van der Waals surface area contributed by atoms with E-state index in [0.717, 1.165) is 19.3 Å². The molecule has 0 spiro atoms. The summed E-state index contributed by atoms with van der Waals surface area (Å²) in [6.45, 7) is 5.57. The topological polar surface area (TPSA) is 102 Å². The summed E-state index contributed by atoms with van der Waals surface area (Å²) in [5, 5.41) is 2.76. The van der Waals surface area contributed by atoms with Gasteiger partial charge in [0.2, 0.25) is 5.91 Å². The van der Waals surface area contributed by atoms with E-state index in [0.29, 0.717) is 10.2 Å². The Morgan fingerprint density at radius 1 is 1.11 bits per heavy atom. The molecule has 1 heterocycles. The molecular weight excluding hydrogens is 384 g/mol. The quantitative estimate of drug-likeness (QED) is 0.667. The average Bonchev–Trinajstić information content (AvgIpc) is 2.80. The van der Waals surface area contributed by atoms with Crippen LogP contribution in [0.15, 0.2) is 17.0 Å². The molecule has 0 aliphatic carbocycles. The molecule has 2 rings (SSSR count). The first kappa shape index (κ1) is 22.0. The van der Waals surface area contributed by atoms with Crippen LogP contribution in [-0.2, 0) is 14.8 Å². The van der Waals surface area contributed by atoms with Gasteiger partial charge in [0.15, 0.2) is 11.5 Å². The fourth-order valence-electron chi connectivity index (χ4n) is 3.12. The highest BCUT2D eigenvalue weighted by Crippen LogP contribution is 2.38. The molecule has 1 N–H and O–H groups in total. The predicted molar refractivity (Wildman–Crippen MR) is 104 cm³/mol. The van der Waals surface area contributed by atoms with Gasteiger partial charge in [0.1, 0.15) is 11.4 Å². The number of carbonyl (C=O) groups excluding carboxylic acids is 2. The monoisotopic (exact) mass is 412 g/mol. The van der Waals surface area contributed by atoms with Crippen molar-refractivity contribution in [3.8, 4) is 11.5 Å². The van der Waals surface area contributed by atoms with Crippen LogP contribution in [0.1, 0.15) is 50.4 Å². The Balaban J connectivity index is 2.12. The van der Waals surface area contributed by atoms with Crippen LogP contribution in [0.3, 0.4) is 0 Å². The molecule has 1 aromatic rings. The first-order chi connectivity index (χ1) is 13.1. The molecule has 28 heavy (non-hydrogen) atoms. The van der Waals surface area contributed by atoms with Crippen LogP contribution < -0.4 is 14.8 Å². The van der Waals surface area contributed by atoms with E-state index in [4.69, 9.17) is 9.47 Å². The smallest absolute Gasteiger partial charge is 0.269 e. The Morgan fingerprint density at radius 3 is 2.29 bits per heavy atom. The first-order valence-corrected chi connectivity index (χ1v) is 10.7. The normalized spacial score (nSPS) is 16.1. The Morgan fingerprint density at radius 2 is 1.71 bits per heavy atom. The number of nitrogens with zero attached hydrogens (tertiary/aromatic N) is 1. The van der Waals surface area contributed by atoms with Gasteiger partial charge < -0.3 is 14.8 Å². The summed E-state index contributed by atoms with van der Waals surface area (Å²) in [5.74, 6) is -0.236. The van der Waals surface area contributed by atoms with Crippen molar-refractivity contribution < 1.29 is 27.5 Å². The highest BCUT2D eigenvalue weighted by molar-refractivity contribution is 7.90. The van der Waals surface area contributed by atoms with Crippen LogP contribution in [0.5, 0.6) is 11.5 Å². The second kappa shape index (κ2) is 8.81. The number of nitrogens with one attached hydrogen (secondary N) is 1. The van der Waals surface area contributed by atoms with Gasteiger partial charge in [-0.2, -0.15) is 0 Å². The lowest BCUT2D eigenvalue weighted by Gasteiger charge is -2.18. The van der Waals surface area contributed by atoms with Crippen LogP contribution in [0, 0.1) is 5.92 Å². The zero-order valence-electron chi connectivity index (χ0n) is 16.9. The highest BCUT2D eigenvalue weighted by atomic mass is 32.2. The van der Waals surface area contributed by atoms with Crippen molar-refractivity contribution in [1.82, 2.24) is 9.62 Å². The fourth-order valence-corrected chi connectivity index (χ4v) is 4.64. The number of hydrogen-bond acceptors (Lipinski definition) is 6. The summed E-state index contributed by atoms with van der Waals surface area (Å²) in [6, 6.07) is 2.46. The zero-order valence-corrected chi connectivity index (χ0v) is 17.8. The summed E-state index contributed by atoms with van der Waals surface area (Å²) >= 11 is 0. The van der Waals surface area contributed by atoms with Crippen molar-refractivity contribution in [3.63, 3.8) is 0 Å². The van der Waals surface area contributed by atoms with E-state index in [1.54, 1.807) is 0 Å². The van der Waals surface area contributed by atoms with E-state index >= 15 is 0 Å². The lowest BCUT2D eigenvalue weighted by atomic mass is 10.0. The van der Waals surface area contributed by atoms with Crippen molar-refractivity contribution in [3.05, 3.63) is 17.7 Å². The molecule has 0 fully saturated rings. The lowest BCUT2D eigenvalue weighted by Crippen LogP contribution is -2.43. The van der Waals surface area contributed by atoms with Gasteiger partial charge in [-0.15, -0.1) is 0 Å². The lowest BCUT2D eigenvalue weighted by molar-refractivity contribution is -0.121. The van der Waals surface area contributed by atoms with E-state index in [2.05, 4.69) is 19.2 Å². The fraction of sp³-hybridized carbons (Fsp3) is 0.579. The van der Waals surface area contributed by atoms with Crippen molar-refractivity contribution in [1.29, 1.82) is 0 Å². The van der Waals surface area contributed by atoms with Gasteiger partial charge in [-0.3, -0.25) is 9.59 Å². The van der Waals surface area contributed by atoms with Crippen LogP contribution >= 0.6 is 0 Å². The Bertz CT molecular complexity index is 850. The Kier molecular flexibility index (Phi) is 6.92. The number of benzene rings is 1. The van der Waals surface area contributed by atoms with Crippen molar-refractivity contribution in [2.24, 2.45) is 5.92 Å². The number of ether oxygens (including phenoxy) is 2. The molecule has 0 radical (unpaired) electrons. The summed E-state index contributed by atoms with van der Waals surface area (Å²) in [4.78, 5) is 24.7. The molecular formula is C19H28N2O6S. The number of methoxy groups -OCH3 is 2. The number of sulfonamides is 1. The minimum Gasteiger partial charge on any atom is -0.493 e. The predicted octanol–water partition coefficient (Wildman–Crippen LogP) is 2.18. The number of rotatable bonds is 9. The van der Waals surface area contributed by atoms with Crippen LogP contribution in [0.2, 0.25) is 0 Å². The molecule has 0 bridgehead atoms. The molecule has 0 saturated carbocycles. The molecule has 1 aromatic carbocycles.